The number of rotatable bonds is 4. The van der Waals surface area contributed by atoms with Crippen molar-refractivity contribution in [1.82, 2.24) is 4.98 Å². The second-order valence-electron chi connectivity index (χ2n) is 6.11. The van der Waals surface area contributed by atoms with Crippen LogP contribution in [0.25, 0.3) is 10.9 Å². The number of Topliss-reactive ketones (excluding diaryl/α,β-unsaturated/α-hetero) is 1. The lowest BCUT2D eigenvalue weighted by molar-refractivity contribution is 0.101. The second kappa shape index (κ2) is 7.19. The van der Waals surface area contributed by atoms with Crippen molar-refractivity contribution in [3.63, 3.8) is 0 Å². The van der Waals surface area contributed by atoms with E-state index in [9.17, 15) is 4.79 Å². The maximum Gasteiger partial charge on any atom is 0.178 e. The normalized spacial score (nSPS) is 11.0. The number of nitrogens with zero attached hydrogens (tertiary/aromatic N) is 1. The predicted octanol–water partition coefficient (Wildman–Crippen LogP) is 4.20. The van der Waals surface area contributed by atoms with Gasteiger partial charge in [-0.15, -0.1) is 0 Å². The molecule has 26 heavy (non-hydrogen) atoms. The van der Waals surface area contributed by atoms with Crippen LogP contribution >= 0.6 is 7.92 Å². The number of para-hydroxylation sites is 1. The van der Waals surface area contributed by atoms with E-state index in [1.165, 1.54) is 15.9 Å². The summed E-state index contributed by atoms with van der Waals surface area (Å²) in [7, 11) is -0.751. The van der Waals surface area contributed by atoms with Crippen LogP contribution in [0.4, 0.5) is 0 Å². The van der Waals surface area contributed by atoms with Gasteiger partial charge in [0.05, 0.1) is 5.52 Å². The Hall–Kier alpha value is -2.83. The minimum Gasteiger partial charge on any atom is -0.293 e. The minimum atomic E-state index is -0.751. The number of ketones is 1. The third kappa shape index (κ3) is 3.16. The lowest BCUT2D eigenvalue weighted by Crippen LogP contribution is -2.21. The fourth-order valence-corrected chi connectivity index (χ4v) is 5.51. The zero-order chi connectivity index (χ0) is 17.9. The van der Waals surface area contributed by atoms with Gasteiger partial charge in [-0.2, -0.15) is 0 Å². The van der Waals surface area contributed by atoms with Gasteiger partial charge in [-0.05, 0) is 24.6 Å². The van der Waals surface area contributed by atoms with Crippen LogP contribution in [0.2, 0.25) is 0 Å². The lowest BCUT2D eigenvalue weighted by atomic mass is 10.2. The number of carbonyl (C=O) groups is 1. The highest BCUT2D eigenvalue weighted by atomic mass is 31.1. The van der Waals surface area contributed by atoms with Crippen molar-refractivity contribution >= 4 is 40.5 Å². The number of benzene rings is 3. The summed E-state index contributed by atoms with van der Waals surface area (Å²) in [5.41, 5.74) is 1.43. The first kappa shape index (κ1) is 16.6. The van der Waals surface area contributed by atoms with Crippen LogP contribution in [0.5, 0.6) is 0 Å². The Labute approximate surface area is 154 Å². The van der Waals surface area contributed by atoms with Gasteiger partial charge in [-0.3, -0.25) is 4.79 Å². The van der Waals surface area contributed by atoms with Gasteiger partial charge >= 0.3 is 0 Å². The summed E-state index contributed by atoms with van der Waals surface area (Å²) < 4.78 is 0. The number of hydrogen-bond acceptors (Lipinski definition) is 2. The SMILES string of the molecule is CC(=O)c1ccc2cccc(P(c3ccccc3)c3ccccc3)c2n1. The van der Waals surface area contributed by atoms with E-state index in [-0.39, 0.29) is 5.78 Å². The van der Waals surface area contributed by atoms with Gasteiger partial charge < -0.3 is 0 Å². The summed E-state index contributed by atoms with van der Waals surface area (Å²) in [6.45, 7) is 1.56. The summed E-state index contributed by atoms with van der Waals surface area (Å²) in [5.74, 6) is -0.00884. The van der Waals surface area contributed by atoms with Crippen LogP contribution in [0, 0.1) is 0 Å². The molecule has 0 N–H and O–H groups in total. The maximum atomic E-state index is 11.9. The molecule has 0 saturated carbocycles. The molecule has 0 unspecified atom stereocenters. The van der Waals surface area contributed by atoms with Crippen LogP contribution in [0.3, 0.4) is 0 Å². The minimum absolute atomic E-state index is 0.00884. The van der Waals surface area contributed by atoms with Crippen molar-refractivity contribution < 1.29 is 4.79 Å². The summed E-state index contributed by atoms with van der Waals surface area (Å²) in [4.78, 5) is 16.6. The Morgan fingerprint density at radius 2 is 1.35 bits per heavy atom. The molecule has 3 aromatic carbocycles. The van der Waals surface area contributed by atoms with E-state index in [0.29, 0.717) is 5.69 Å². The Bertz CT molecular complexity index is 1020. The summed E-state index contributed by atoms with van der Waals surface area (Å²) in [5, 5.41) is 4.79. The topological polar surface area (TPSA) is 30.0 Å². The molecule has 0 fully saturated rings. The van der Waals surface area contributed by atoms with Crippen LogP contribution in [-0.4, -0.2) is 10.8 Å². The van der Waals surface area contributed by atoms with E-state index >= 15 is 0 Å². The van der Waals surface area contributed by atoms with E-state index in [1.807, 2.05) is 24.3 Å². The molecule has 126 valence electrons. The predicted molar refractivity (Wildman–Crippen MR) is 110 cm³/mol. The lowest BCUT2D eigenvalue weighted by Gasteiger charge is -2.20. The molecule has 3 heteroatoms. The van der Waals surface area contributed by atoms with Gasteiger partial charge in [0, 0.05) is 17.6 Å². The van der Waals surface area contributed by atoms with Crippen molar-refractivity contribution in [2.45, 2.75) is 6.92 Å². The Kier molecular flexibility index (Phi) is 4.60. The molecule has 4 aromatic rings. The average Bonchev–Trinajstić information content (AvgIpc) is 2.69. The van der Waals surface area contributed by atoms with Crippen molar-refractivity contribution in [3.8, 4) is 0 Å². The fraction of sp³-hybridized carbons (Fsp3) is 0.0435. The zero-order valence-corrected chi connectivity index (χ0v) is 15.4. The third-order valence-electron chi connectivity index (χ3n) is 4.33. The monoisotopic (exact) mass is 355 g/mol. The number of aromatic nitrogens is 1. The standard InChI is InChI=1S/C23H18NOP/c1-17(25)21-16-15-18-9-8-14-22(23(18)24-21)26(19-10-4-2-5-11-19)20-12-6-3-7-13-20/h2-16H,1H3. The van der Waals surface area contributed by atoms with Gasteiger partial charge in [-0.1, -0.05) is 84.9 Å². The third-order valence-corrected chi connectivity index (χ3v) is 6.80. The smallest absolute Gasteiger partial charge is 0.178 e. The molecule has 0 saturated heterocycles. The first-order valence-corrected chi connectivity index (χ1v) is 9.89. The van der Waals surface area contributed by atoms with Gasteiger partial charge in [0.2, 0.25) is 0 Å². The van der Waals surface area contributed by atoms with Gasteiger partial charge in [0.1, 0.15) is 5.69 Å². The van der Waals surface area contributed by atoms with E-state index in [2.05, 4.69) is 66.7 Å². The van der Waals surface area contributed by atoms with Gasteiger partial charge in [-0.25, -0.2) is 4.98 Å². The Morgan fingerprint density at radius 3 is 1.92 bits per heavy atom. The molecule has 1 aromatic heterocycles. The molecule has 0 aliphatic carbocycles. The van der Waals surface area contributed by atoms with Crippen molar-refractivity contribution in [2.75, 3.05) is 0 Å². The second-order valence-corrected chi connectivity index (χ2v) is 8.29. The molecule has 1 heterocycles. The van der Waals surface area contributed by atoms with E-state index in [1.54, 1.807) is 6.92 Å². The van der Waals surface area contributed by atoms with Crippen molar-refractivity contribution in [2.24, 2.45) is 0 Å². The molecule has 4 rings (SSSR count). The quantitative estimate of drug-likeness (QED) is 0.406. The summed E-state index contributed by atoms with van der Waals surface area (Å²) in [6.07, 6.45) is 0. The first-order chi connectivity index (χ1) is 12.7. The Morgan fingerprint density at radius 1 is 0.731 bits per heavy atom. The van der Waals surface area contributed by atoms with E-state index < -0.39 is 7.92 Å². The Balaban J connectivity index is 1.99. The molecule has 0 amide bonds. The highest BCUT2D eigenvalue weighted by molar-refractivity contribution is 7.80. The average molecular weight is 355 g/mol. The molecule has 0 radical (unpaired) electrons. The number of pyridine rings is 1. The summed E-state index contributed by atoms with van der Waals surface area (Å²) in [6, 6.07) is 31.2. The van der Waals surface area contributed by atoms with E-state index in [4.69, 9.17) is 4.98 Å². The highest BCUT2D eigenvalue weighted by Gasteiger charge is 2.19. The molecular weight excluding hydrogens is 337 g/mol. The van der Waals surface area contributed by atoms with Crippen LogP contribution in [0.1, 0.15) is 17.4 Å². The van der Waals surface area contributed by atoms with Crippen LogP contribution in [0.15, 0.2) is 91.0 Å². The summed E-state index contributed by atoms with van der Waals surface area (Å²) >= 11 is 0. The number of fused-ring (bicyclic) bond motifs is 1. The van der Waals surface area contributed by atoms with Crippen LogP contribution < -0.4 is 15.9 Å². The van der Waals surface area contributed by atoms with Crippen molar-refractivity contribution in [1.29, 1.82) is 0 Å². The van der Waals surface area contributed by atoms with Gasteiger partial charge in [0.25, 0.3) is 0 Å². The maximum absolute atomic E-state index is 11.9. The molecule has 0 aliphatic rings. The largest absolute Gasteiger partial charge is 0.293 e. The number of hydrogen-bond donors (Lipinski definition) is 0. The highest BCUT2D eigenvalue weighted by Crippen LogP contribution is 2.35. The van der Waals surface area contributed by atoms with Crippen molar-refractivity contribution in [3.05, 3.63) is 96.7 Å². The van der Waals surface area contributed by atoms with E-state index in [0.717, 1.165) is 10.9 Å². The molecular formula is C23H18NOP. The fourth-order valence-electron chi connectivity index (χ4n) is 3.09. The first-order valence-electron chi connectivity index (χ1n) is 8.55. The molecule has 0 bridgehead atoms. The van der Waals surface area contributed by atoms with Crippen LogP contribution in [-0.2, 0) is 0 Å². The molecule has 0 atom stereocenters. The molecule has 2 nitrogen and oxygen atoms in total. The van der Waals surface area contributed by atoms with Gasteiger partial charge in [0.15, 0.2) is 5.78 Å². The molecule has 0 aliphatic heterocycles. The zero-order valence-electron chi connectivity index (χ0n) is 14.5. The number of carbonyl (C=O) groups excluding carboxylic acids is 1. The molecule has 0 spiro atoms.